The van der Waals surface area contributed by atoms with Crippen molar-refractivity contribution < 1.29 is 9.72 Å². The lowest BCUT2D eigenvalue weighted by atomic mass is 10.1. The van der Waals surface area contributed by atoms with Gasteiger partial charge >= 0.3 is 0 Å². The van der Waals surface area contributed by atoms with Gasteiger partial charge < -0.3 is 9.80 Å². The van der Waals surface area contributed by atoms with Crippen LogP contribution in [0.25, 0.3) is 0 Å². The van der Waals surface area contributed by atoms with Crippen molar-refractivity contribution in [2.45, 2.75) is 19.4 Å². The van der Waals surface area contributed by atoms with E-state index in [1.807, 2.05) is 41.0 Å². The number of piperazine rings is 1. The number of fused-ring (bicyclic) bond motifs is 1. The summed E-state index contributed by atoms with van der Waals surface area (Å²) in [5.74, 6) is 0.129. The highest BCUT2D eigenvalue weighted by Gasteiger charge is 2.33. The SMILES string of the molecule is C[C@H](C(=O)N1CCc2ccccc21)N1CCN(c2ccccc2[N+](=O)[O-])CC1. The number of anilines is 2. The maximum atomic E-state index is 13.1. The van der Waals surface area contributed by atoms with E-state index in [0.717, 1.165) is 18.7 Å². The van der Waals surface area contributed by atoms with Crippen LogP contribution in [0.2, 0.25) is 0 Å². The van der Waals surface area contributed by atoms with Crippen LogP contribution < -0.4 is 9.80 Å². The van der Waals surface area contributed by atoms with Crippen molar-refractivity contribution in [1.82, 2.24) is 4.90 Å². The van der Waals surface area contributed by atoms with Gasteiger partial charge in [0.2, 0.25) is 5.91 Å². The molecule has 1 saturated heterocycles. The summed E-state index contributed by atoms with van der Waals surface area (Å²) < 4.78 is 0. The van der Waals surface area contributed by atoms with Gasteiger partial charge in [0.25, 0.3) is 5.69 Å². The molecule has 7 nitrogen and oxygen atoms in total. The molecule has 4 rings (SSSR count). The first-order valence-corrected chi connectivity index (χ1v) is 9.68. The van der Waals surface area contributed by atoms with E-state index in [1.165, 1.54) is 5.56 Å². The predicted octanol–water partition coefficient (Wildman–Crippen LogP) is 2.69. The molecule has 2 aromatic carbocycles. The van der Waals surface area contributed by atoms with Crippen molar-refractivity contribution in [3.05, 3.63) is 64.2 Å². The summed E-state index contributed by atoms with van der Waals surface area (Å²) in [6.07, 6.45) is 0.903. The first-order chi connectivity index (χ1) is 13.6. The quantitative estimate of drug-likeness (QED) is 0.603. The molecule has 2 aliphatic rings. The number of nitrogens with zero attached hydrogens (tertiary/aromatic N) is 4. The van der Waals surface area contributed by atoms with Gasteiger partial charge in [-0.25, -0.2) is 0 Å². The Morgan fingerprint density at radius 3 is 2.32 bits per heavy atom. The van der Waals surface area contributed by atoms with Crippen molar-refractivity contribution in [3.63, 3.8) is 0 Å². The van der Waals surface area contributed by atoms with Gasteiger partial charge in [-0.15, -0.1) is 0 Å². The molecule has 1 atom stereocenters. The molecule has 0 saturated carbocycles. The van der Waals surface area contributed by atoms with Crippen LogP contribution in [0.5, 0.6) is 0 Å². The zero-order chi connectivity index (χ0) is 19.7. The van der Waals surface area contributed by atoms with E-state index in [2.05, 4.69) is 11.0 Å². The molecule has 1 amide bonds. The average molecular weight is 380 g/mol. The molecule has 0 aromatic heterocycles. The lowest BCUT2D eigenvalue weighted by molar-refractivity contribution is -0.384. The molecule has 2 aliphatic heterocycles. The van der Waals surface area contributed by atoms with E-state index < -0.39 is 0 Å². The molecule has 2 heterocycles. The Balaban J connectivity index is 1.42. The molecule has 7 heteroatoms. The van der Waals surface area contributed by atoms with E-state index in [1.54, 1.807) is 18.2 Å². The summed E-state index contributed by atoms with van der Waals surface area (Å²) in [6.45, 7) is 5.43. The third-order valence-electron chi connectivity index (χ3n) is 5.79. The highest BCUT2D eigenvalue weighted by molar-refractivity contribution is 5.98. The molecule has 0 radical (unpaired) electrons. The topological polar surface area (TPSA) is 69.9 Å². The molecule has 0 N–H and O–H groups in total. The lowest BCUT2D eigenvalue weighted by Crippen LogP contribution is -2.54. The van der Waals surface area contributed by atoms with Crippen molar-refractivity contribution in [2.75, 3.05) is 42.5 Å². The summed E-state index contributed by atoms with van der Waals surface area (Å²) in [5, 5.41) is 11.3. The minimum absolute atomic E-state index is 0.129. The van der Waals surface area contributed by atoms with E-state index in [0.29, 0.717) is 31.9 Å². The van der Waals surface area contributed by atoms with Gasteiger partial charge in [-0.3, -0.25) is 19.8 Å². The van der Waals surface area contributed by atoms with Crippen molar-refractivity contribution in [2.24, 2.45) is 0 Å². The van der Waals surface area contributed by atoms with Crippen LogP contribution in [0, 0.1) is 10.1 Å². The number of nitro benzene ring substituents is 1. The third kappa shape index (κ3) is 3.33. The van der Waals surface area contributed by atoms with E-state index >= 15 is 0 Å². The largest absolute Gasteiger partial charge is 0.363 e. The summed E-state index contributed by atoms with van der Waals surface area (Å²) in [6, 6.07) is 14.7. The maximum absolute atomic E-state index is 13.1. The van der Waals surface area contributed by atoms with Gasteiger partial charge in [0.1, 0.15) is 5.69 Å². The molecule has 1 fully saturated rings. The Hall–Kier alpha value is -2.93. The number of carbonyl (C=O) groups excluding carboxylic acids is 1. The number of benzene rings is 2. The van der Waals surface area contributed by atoms with Crippen LogP contribution in [-0.4, -0.2) is 54.5 Å². The van der Waals surface area contributed by atoms with Crippen LogP contribution in [0.4, 0.5) is 17.1 Å². The second kappa shape index (κ2) is 7.59. The summed E-state index contributed by atoms with van der Waals surface area (Å²) >= 11 is 0. The van der Waals surface area contributed by atoms with Gasteiger partial charge in [-0.2, -0.15) is 0 Å². The number of rotatable bonds is 4. The van der Waals surface area contributed by atoms with Gasteiger partial charge in [-0.1, -0.05) is 30.3 Å². The Labute approximate surface area is 164 Å². The van der Waals surface area contributed by atoms with E-state index in [9.17, 15) is 14.9 Å². The van der Waals surface area contributed by atoms with E-state index in [4.69, 9.17) is 0 Å². The fourth-order valence-electron chi connectivity index (χ4n) is 4.18. The zero-order valence-electron chi connectivity index (χ0n) is 16.0. The maximum Gasteiger partial charge on any atom is 0.292 e. The fraction of sp³-hybridized carbons (Fsp3) is 0.381. The molecular formula is C21H24N4O3. The van der Waals surface area contributed by atoms with Crippen LogP contribution in [0.15, 0.2) is 48.5 Å². The second-order valence-electron chi connectivity index (χ2n) is 7.31. The van der Waals surface area contributed by atoms with Gasteiger partial charge in [-0.05, 0) is 31.0 Å². The number of para-hydroxylation sites is 3. The summed E-state index contributed by atoms with van der Waals surface area (Å²) in [7, 11) is 0. The lowest BCUT2D eigenvalue weighted by Gasteiger charge is -2.39. The minimum Gasteiger partial charge on any atom is -0.363 e. The normalized spacial score (nSPS) is 18.0. The van der Waals surface area contributed by atoms with Crippen molar-refractivity contribution in [3.8, 4) is 0 Å². The summed E-state index contributed by atoms with van der Waals surface area (Å²) in [4.78, 5) is 30.2. The van der Waals surface area contributed by atoms with E-state index in [-0.39, 0.29) is 22.6 Å². The molecule has 0 unspecified atom stereocenters. The molecule has 28 heavy (non-hydrogen) atoms. The average Bonchev–Trinajstić information content (AvgIpc) is 3.17. The Morgan fingerprint density at radius 1 is 0.964 bits per heavy atom. The third-order valence-corrected chi connectivity index (χ3v) is 5.79. The number of amides is 1. The number of nitro groups is 1. The number of carbonyl (C=O) groups is 1. The van der Waals surface area contributed by atoms with Crippen molar-refractivity contribution in [1.29, 1.82) is 0 Å². The highest BCUT2D eigenvalue weighted by Crippen LogP contribution is 2.30. The summed E-state index contributed by atoms with van der Waals surface area (Å²) in [5.41, 5.74) is 3.04. The Kier molecular flexibility index (Phi) is 5.00. The van der Waals surface area contributed by atoms with Crippen LogP contribution in [-0.2, 0) is 11.2 Å². The standard InChI is InChI=1S/C21H24N4O3/c1-16(21(26)24-11-10-17-6-2-3-7-18(17)24)22-12-14-23(15-13-22)19-8-4-5-9-20(19)25(27)28/h2-9,16H,10-15H2,1H3/t16-/m1/s1. The van der Waals surface area contributed by atoms with Gasteiger partial charge in [0.15, 0.2) is 0 Å². The first-order valence-electron chi connectivity index (χ1n) is 9.68. The molecule has 2 aromatic rings. The Morgan fingerprint density at radius 2 is 1.61 bits per heavy atom. The number of hydrogen-bond acceptors (Lipinski definition) is 5. The Bertz CT molecular complexity index is 893. The minimum atomic E-state index is -0.335. The molecular weight excluding hydrogens is 356 g/mol. The van der Waals surface area contributed by atoms with Gasteiger partial charge in [0.05, 0.1) is 11.0 Å². The van der Waals surface area contributed by atoms with Crippen LogP contribution in [0.1, 0.15) is 12.5 Å². The molecule has 146 valence electrons. The smallest absolute Gasteiger partial charge is 0.292 e. The number of hydrogen-bond donors (Lipinski definition) is 0. The van der Waals surface area contributed by atoms with Crippen molar-refractivity contribution >= 4 is 23.0 Å². The predicted molar refractivity (Wildman–Crippen MR) is 109 cm³/mol. The molecule has 0 spiro atoms. The monoisotopic (exact) mass is 380 g/mol. The fourth-order valence-corrected chi connectivity index (χ4v) is 4.18. The zero-order valence-corrected chi connectivity index (χ0v) is 16.0. The second-order valence-corrected chi connectivity index (χ2v) is 7.31. The molecule has 0 aliphatic carbocycles. The molecule has 0 bridgehead atoms. The van der Waals surface area contributed by atoms with Crippen LogP contribution >= 0.6 is 0 Å². The van der Waals surface area contributed by atoms with Crippen LogP contribution in [0.3, 0.4) is 0 Å². The van der Waals surface area contributed by atoms with Gasteiger partial charge in [0, 0.05) is 44.5 Å². The highest BCUT2D eigenvalue weighted by atomic mass is 16.6. The first kappa shape index (κ1) is 18.4.